The molecule has 0 aliphatic rings. The first kappa shape index (κ1) is 19.1. The molecular formula is C18H17Br2N2OS-. The second kappa shape index (κ2) is 7.76. The first-order chi connectivity index (χ1) is 11.0. The monoisotopic (exact) mass is 467 g/mol. The van der Waals surface area contributed by atoms with Gasteiger partial charge in [0, 0.05) is 10.0 Å². The van der Waals surface area contributed by atoms with Crippen LogP contribution in [0.1, 0.15) is 28.4 Å². The maximum Gasteiger partial charge on any atom is 0.184 e. The number of Topliss-reactive ketones (excluding diaryl/α,β-unsaturated/α-hetero) is 1. The summed E-state index contributed by atoms with van der Waals surface area (Å²) in [4.78, 5) is 17.1. The molecule has 0 saturated carbocycles. The average molecular weight is 469 g/mol. The Hall–Kier alpha value is -1.24. The van der Waals surface area contributed by atoms with E-state index < -0.39 is 0 Å². The van der Waals surface area contributed by atoms with Crippen molar-refractivity contribution < 1.29 is 21.8 Å². The van der Waals surface area contributed by atoms with Gasteiger partial charge in [-0.25, -0.2) is 4.98 Å². The Bertz CT molecular complexity index is 875. The zero-order valence-corrected chi connectivity index (χ0v) is 17.5. The highest BCUT2D eigenvalue weighted by atomic mass is 79.9. The van der Waals surface area contributed by atoms with E-state index in [1.807, 2.05) is 31.2 Å². The Morgan fingerprint density at radius 3 is 2.50 bits per heavy atom. The molecule has 0 aliphatic heterocycles. The fraction of sp³-hybridized carbons (Fsp3) is 0.222. The third-order valence-electron chi connectivity index (χ3n) is 3.95. The van der Waals surface area contributed by atoms with Gasteiger partial charge in [0.1, 0.15) is 0 Å². The number of carbonyl (C=O) groups is 1. The Balaban J connectivity index is 0.00000208. The molecule has 1 atom stereocenters. The second-order valence-corrected chi connectivity index (χ2v) is 7.56. The molecule has 0 aliphatic carbocycles. The van der Waals surface area contributed by atoms with Gasteiger partial charge in [-0.3, -0.25) is 4.79 Å². The number of carbonyl (C=O) groups excluding carboxylic acids is 1. The van der Waals surface area contributed by atoms with Gasteiger partial charge in [0.2, 0.25) is 0 Å². The minimum Gasteiger partial charge on any atom is -1.00 e. The normalized spacial score (nSPS) is 11.8. The van der Waals surface area contributed by atoms with Crippen molar-refractivity contribution in [1.29, 1.82) is 0 Å². The van der Waals surface area contributed by atoms with E-state index in [1.54, 1.807) is 11.3 Å². The quantitative estimate of drug-likeness (QED) is 0.597. The predicted octanol–water partition coefficient (Wildman–Crippen LogP) is 2.36. The van der Waals surface area contributed by atoms with Crippen LogP contribution in [-0.4, -0.2) is 16.8 Å². The number of rotatable bonds is 4. The van der Waals surface area contributed by atoms with Gasteiger partial charge in [-0.05, 0) is 50.1 Å². The summed E-state index contributed by atoms with van der Waals surface area (Å²) >= 11 is 4.96. The highest BCUT2D eigenvalue weighted by Crippen LogP contribution is 2.30. The Morgan fingerprint density at radius 2 is 1.83 bits per heavy atom. The van der Waals surface area contributed by atoms with Crippen molar-refractivity contribution >= 4 is 48.4 Å². The number of aryl methyl sites for hydroxylation is 2. The van der Waals surface area contributed by atoms with E-state index in [1.165, 1.54) is 11.1 Å². The SMILES string of the molecule is Cc1ccc2sc(NC(C)C(=O)c3ccc(Br)cc3)nc2c1C.[Br-]. The molecule has 0 spiro atoms. The fourth-order valence-electron chi connectivity index (χ4n) is 2.40. The Labute approximate surface area is 164 Å². The van der Waals surface area contributed by atoms with Crippen LogP contribution in [-0.2, 0) is 0 Å². The van der Waals surface area contributed by atoms with E-state index >= 15 is 0 Å². The molecule has 6 heteroatoms. The van der Waals surface area contributed by atoms with Crippen molar-refractivity contribution in [3.05, 3.63) is 57.6 Å². The number of benzene rings is 2. The first-order valence-electron chi connectivity index (χ1n) is 7.39. The van der Waals surface area contributed by atoms with Crippen molar-refractivity contribution in [2.75, 3.05) is 5.32 Å². The number of anilines is 1. The molecule has 1 N–H and O–H groups in total. The summed E-state index contributed by atoms with van der Waals surface area (Å²) < 4.78 is 2.10. The summed E-state index contributed by atoms with van der Waals surface area (Å²) in [6, 6.07) is 11.3. The van der Waals surface area contributed by atoms with Crippen molar-refractivity contribution in [2.45, 2.75) is 26.8 Å². The van der Waals surface area contributed by atoms with Crippen molar-refractivity contribution in [3.8, 4) is 0 Å². The van der Waals surface area contributed by atoms with Crippen LogP contribution in [0.25, 0.3) is 10.2 Å². The van der Waals surface area contributed by atoms with Crippen LogP contribution in [0.3, 0.4) is 0 Å². The molecule has 1 heterocycles. The zero-order valence-electron chi connectivity index (χ0n) is 13.6. The van der Waals surface area contributed by atoms with Crippen molar-refractivity contribution in [1.82, 2.24) is 4.98 Å². The van der Waals surface area contributed by atoms with Crippen LogP contribution >= 0.6 is 27.3 Å². The lowest BCUT2D eigenvalue weighted by atomic mass is 10.1. The molecule has 126 valence electrons. The minimum absolute atomic E-state index is 0. The van der Waals surface area contributed by atoms with E-state index in [0.717, 1.165) is 19.8 Å². The number of hydrogen-bond acceptors (Lipinski definition) is 4. The molecular weight excluding hydrogens is 452 g/mol. The number of hydrogen-bond donors (Lipinski definition) is 1. The molecule has 1 unspecified atom stereocenters. The molecule has 0 fully saturated rings. The predicted molar refractivity (Wildman–Crippen MR) is 101 cm³/mol. The van der Waals surface area contributed by atoms with Crippen LogP contribution in [0.2, 0.25) is 0 Å². The molecule has 3 rings (SSSR count). The molecule has 0 amide bonds. The molecule has 0 radical (unpaired) electrons. The van der Waals surface area contributed by atoms with E-state index in [4.69, 9.17) is 0 Å². The highest BCUT2D eigenvalue weighted by Gasteiger charge is 2.17. The van der Waals surface area contributed by atoms with Gasteiger partial charge in [0.05, 0.1) is 16.3 Å². The lowest BCUT2D eigenvalue weighted by Crippen LogP contribution is -3.00. The van der Waals surface area contributed by atoms with Gasteiger partial charge in [0.25, 0.3) is 0 Å². The number of nitrogens with zero attached hydrogens (tertiary/aromatic N) is 1. The van der Waals surface area contributed by atoms with Gasteiger partial charge in [0.15, 0.2) is 10.9 Å². The molecule has 0 saturated heterocycles. The molecule has 0 bridgehead atoms. The summed E-state index contributed by atoms with van der Waals surface area (Å²) in [6.07, 6.45) is 0. The highest BCUT2D eigenvalue weighted by molar-refractivity contribution is 9.10. The second-order valence-electron chi connectivity index (χ2n) is 5.61. The number of ketones is 1. The van der Waals surface area contributed by atoms with E-state index in [0.29, 0.717) is 5.56 Å². The summed E-state index contributed by atoms with van der Waals surface area (Å²) in [5.41, 5.74) is 4.13. The Kier molecular flexibility index (Phi) is 6.17. The van der Waals surface area contributed by atoms with E-state index in [9.17, 15) is 4.79 Å². The summed E-state index contributed by atoms with van der Waals surface area (Å²) in [5.74, 6) is 0.0599. The van der Waals surface area contributed by atoms with Gasteiger partial charge < -0.3 is 22.3 Å². The fourth-order valence-corrected chi connectivity index (χ4v) is 3.68. The van der Waals surface area contributed by atoms with Gasteiger partial charge in [-0.1, -0.05) is 45.5 Å². The van der Waals surface area contributed by atoms with Crippen LogP contribution < -0.4 is 22.3 Å². The molecule has 3 nitrogen and oxygen atoms in total. The standard InChI is InChI=1S/C18H17BrN2OS.BrH/c1-10-4-9-15-16(11(10)2)21-18(23-15)20-12(3)17(22)13-5-7-14(19)8-6-13;/h4-9,12H,1-3H3,(H,20,21);1H/p-1. The van der Waals surface area contributed by atoms with Crippen LogP contribution in [0.4, 0.5) is 5.13 Å². The number of halogens is 2. The Morgan fingerprint density at radius 1 is 1.17 bits per heavy atom. The van der Waals surface area contributed by atoms with Gasteiger partial charge in [-0.15, -0.1) is 0 Å². The van der Waals surface area contributed by atoms with Crippen LogP contribution in [0.5, 0.6) is 0 Å². The summed E-state index contributed by atoms with van der Waals surface area (Å²) in [5, 5.41) is 4.02. The maximum atomic E-state index is 12.5. The number of aromatic nitrogens is 1. The summed E-state index contributed by atoms with van der Waals surface area (Å²) in [7, 11) is 0. The average Bonchev–Trinajstić information content (AvgIpc) is 2.94. The number of fused-ring (bicyclic) bond motifs is 1. The number of thiazole rings is 1. The third kappa shape index (κ3) is 3.87. The van der Waals surface area contributed by atoms with E-state index in [-0.39, 0.29) is 28.8 Å². The summed E-state index contributed by atoms with van der Waals surface area (Å²) in [6.45, 7) is 6.03. The topological polar surface area (TPSA) is 42.0 Å². The largest absolute Gasteiger partial charge is 1.00 e. The maximum absolute atomic E-state index is 12.5. The smallest absolute Gasteiger partial charge is 0.184 e. The first-order valence-corrected chi connectivity index (χ1v) is 8.99. The molecule has 3 aromatic rings. The third-order valence-corrected chi connectivity index (χ3v) is 5.43. The molecule has 1 aromatic heterocycles. The van der Waals surface area contributed by atoms with Crippen LogP contribution in [0.15, 0.2) is 40.9 Å². The zero-order chi connectivity index (χ0) is 16.6. The molecule has 24 heavy (non-hydrogen) atoms. The van der Waals surface area contributed by atoms with Gasteiger partial charge >= 0.3 is 0 Å². The minimum atomic E-state index is -0.321. The molecule has 2 aromatic carbocycles. The van der Waals surface area contributed by atoms with Crippen molar-refractivity contribution in [3.63, 3.8) is 0 Å². The lowest BCUT2D eigenvalue weighted by Gasteiger charge is -2.11. The van der Waals surface area contributed by atoms with E-state index in [2.05, 4.69) is 52.2 Å². The van der Waals surface area contributed by atoms with Crippen molar-refractivity contribution in [2.24, 2.45) is 0 Å². The number of nitrogens with one attached hydrogen (secondary N) is 1. The van der Waals surface area contributed by atoms with Crippen LogP contribution in [0, 0.1) is 13.8 Å². The van der Waals surface area contributed by atoms with Gasteiger partial charge in [-0.2, -0.15) is 0 Å². The lowest BCUT2D eigenvalue weighted by molar-refractivity contribution is -0.0000120.